The first-order chi connectivity index (χ1) is 13.3. The van der Waals surface area contributed by atoms with Crippen LogP contribution in [0.3, 0.4) is 0 Å². The van der Waals surface area contributed by atoms with Gasteiger partial charge >= 0.3 is 0 Å². The number of hydrogen-bond donors (Lipinski definition) is 1. The minimum Gasteiger partial charge on any atom is -0.494 e. The molecule has 0 saturated heterocycles. The molecule has 1 aliphatic carbocycles. The zero-order valence-electron chi connectivity index (χ0n) is 16.1. The van der Waals surface area contributed by atoms with Crippen LogP contribution in [0.5, 0.6) is 5.75 Å². The predicted molar refractivity (Wildman–Crippen MR) is 109 cm³/mol. The molecule has 4 rings (SSSR count). The number of tetrazole rings is 1. The number of nitrogens with one attached hydrogen (secondary N) is 1. The van der Waals surface area contributed by atoms with Crippen molar-refractivity contribution in [1.82, 2.24) is 20.2 Å². The van der Waals surface area contributed by atoms with E-state index in [4.69, 9.17) is 4.74 Å². The van der Waals surface area contributed by atoms with Gasteiger partial charge in [0, 0.05) is 18.5 Å². The van der Waals surface area contributed by atoms with Crippen molar-refractivity contribution in [3.05, 3.63) is 29.6 Å². The van der Waals surface area contributed by atoms with E-state index in [1.165, 1.54) is 32.1 Å². The van der Waals surface area contributed by atoms with Crippen LogP contribution in [0, 0.1) is 0 Å². The Morgan fingerprint density at radius 1 is 1.14 bits per heavy atom. The molecular weight excluding hydrogens is 378 g/mol. The first-order valence-electron chi connectivity index (χ1n) is 10.1. The summed E-state index contributed by atoms with van der Waals surface area (Å²) in [5.41, 5.74) is 2.06. The average Bonchev–Trinajstić information content (AvgIpc) is 3.17. The number of amides is 1. The maximum absolute atomic E-state index is 11.4. The second-order valence-electron chi connectivity index (χ2n) is 7.50. The summed E-state index contributed by atoms with van der Waals surface area (Å²) in [5.74, 6) is 1.97. The van der Waals surface area contributed by atoms with Crippen molar-refractivity contribution in [1.29, 1.82) is 0 Å². The zero-order valence-corrected chi connectivity index (χ0v) is 16.9. The van der Waals surface area contributed by atoms with E-state index in [1.807, 2.05) is 18.2 Å². The number of unbranched alkanes of at least 4 members (excludes halogenated alkanes) is 1. The lowest BCUT2D eigenvalue weighted by atomic mass is 9.95. The number of aryl methyl sites for hydroxylation is 2. The Kier molecular flexibility index (Phi) is 7.25. The standard InChI is InChI=1S/C20H27N5O2.ClH/c26-20-12-9-15-14-17(10-11-18(15)21-20)27-13-5-4-8-19-22-23-24-25(19)16-6-2-1-3-7-16;/h10-11,14,16H,1-9,12-13H2,(H,21,26);1H. The molecule has 2 heterocycles. The van der Waals surface area contributed by atoms with Gasteiger partial charge in [-0.15, -0.1) is 17.5 Å². The van der Waals surface area contributed by atoms with Gasteiger partial charge in [-0.3, -0.25) is 4.79 Å². The van der Waals surface area contributed by atoms with Crippen LogP contribution in [-0.2, 0) is 17.6 Å². The van der Waals surface area contributed by atoms with Crippen molar-refractivity contribution in [2.24, 2.45) is 0 Å². The number of fused-ring (bicyclic) bond motifs is 1. The summed E-state index contributed by atoms with van der Waals surface area (Å²) in [7, 11) is 0. The van der Waals surface area contributed by atoms with E-state index in [2.05, 4.69) is 25.5 Å². The summed E-state index contributed by atoms with van der Waals surface area (Å²) in [6.07, 6.45) is 10.5. The lowest BCUT2D eigenvalue weighted by Crippen LogP contribution is -2.18. The molecule has 0 unspecified atom stereocenters. The summed E-state index contributed by atoms with van der Waals surface area (Å²) < 4.78 is 7.95. The van der Waals surface area contributed by atoms with E-state index in [0.29, 0.717) is 19.1 Å². The van der Waals surface area contributed by atoms with Crippen LogP contribution in [0.25, 0.3) is 0 Å². The molecule has 1 aromatic heterocycles. The number of aromatic nitrogens is 4. The third-order valence-corrected chi connectivity index (χ3v) is 5.52. The molecule has 1 aromatic carbocycles. The maximum Gasteiger partial charge on any atom is 0.224 e. The molecule has 2 aromatic rings. The molecule has 0 bridgehead atoms. The molecule has 1 N–H and O–H groups in total. The van der Waals surface area contributed by atoms with Crippen molar-refractivity contribution >= 4 is 24.0 Å². The number of halogens is 1. The number of hydrogen-bond acceptors (Lipinski definition) is 5. The second-order valence-corrected chi connectivity index (χ2v) is 7.50. The molecule has 0 radical (unpaired) electrons. The first kappa shape index (κ1) is 20.6. The SMILES string of the molecule is Cl.O=C1CCc2cc(OCCCCc3nnnn3C3CCCCC3)ccc2N1. The molecule has 1 fully saturated rings. The zero-order chi connectivity index (χ0) is 18.5. The molecule has 0 spiro atoms. The number of ether oxygens (including phenoxy) is 1. The van der Waals surface area contributed by atoms with Crippen LogP contribution in [0.15, 0.2) is 18.2 Å². The van der Waals surface area contributed by atoms with Gasteiger partial charge in [0.1, 0.15) is 5.75 Å². The summed E-state index contributed by atoms with van der Waals surface area (Å²) in [6, 6.07) is 6.38. The molecule has 0 atom stereocenters. The Labute approximate surface area is 171 Å². The fourth-order valence-electron chi connectivity index (χ4n) is 4.01. The molecule has 1 aliphatic heterocycles. The van der Waals surface area contributed by atoms with Gasteiger partial charge in [-0.2, -0.15) is 0 Å². The summed E-state index contributed by atoms with van der Waals surface area (Å²) in [5, 5.41) is 15.2. The van der Waals surface area contributed by atoms with E-state index >= 15 is 0 Å². The topological polar surface area (TPSA) is 81.9 Å². The van der Waals surface area contributed by atoms with Crippen molar-refractivity contribution < 1.29 is 9.53 Å². The van der Waals surface area contributed by atoms with Gasteiger partial charge in [-0.25, -0.2) is 4.68 Å². The van der Waals surface area contributed by atoms with Gasteiger partial charge < -0.3 is 10.1 Å². The third kappa shape index (κ3) is 5.01. The molecule has 152 valence electrons. The monoisotopic (exact) mass is 405 g/mol. The van der Waals surface area contributed by atoms with Crippen LogP contribution in [0.4, 0.5) is 5.69 Å². The Morgan fingerprint density at radius 2 is 2.00 bits per heavy atom. The fraction of sp³-hybridized carbons (Fsp3) is 0.600. The number of anilines is 1. The van der Waals surface area contributed by atoms with Gasteiger partial charge in [-0.05, 0) is 66.3 Å². The van der Waals surface area contributed by atoms with Crippen LogP contribution in [0.2, 0.25) is 0 Å². The highest BCUT2D eigenvalue weighted by Gasteiger charge is 2.19. The summed E-state index contributed by atoms with van der Waals surface area (Å²) in [4.78, 5) is 11.4. The summed E-state index contributed by atoms with van der Waals surface area (Å²) >= 11 is 0. The Hall–Kier alpha value is -2.15. The number of nitrogens with zero attached hydrogens (tertiary/aromatic N) is 4. The number of carbonyl (C=O) groups excluding carboxylic acids is 1. The highest BCUT2D eigenvalue weighted by molar-refractivity contribution is 5.93. The van der Waals surface area contributed by atoms with E-state index < -0.39 is 0 Å². The van der Waals surface area contributed by atoms with E-state index in [0.717, 1.165) is 48.5 Å². The number of rotatable bonds is 7. The quantitative estimate of drug-likeness (QED) is 0.706. The van der Waals surface area contributed by atoms with Crippen molar-refractivity contribution in [2.75, 3.05) is 11.9 Å². The molecular formula is C20H28ClN5O2. The minimum atomic E-state index is 0. The Bertz CT molecular complexity index is 789. The van der Waals surface area contributed by atoms with Gasteiger partial charge in [0.15, 0.2) is 5.82 Å². The van der Waals surface area contributed by atoms with Crippen molar-refractivity contribution in [3.8, 4) is 5.75 Å². The third-order valence-electron chi connectivity index (χ3n) is 5.52. The first-order valence-corrected chi connectivity index (χ1v) is 10.1. The molecule has 2 aliphatic rings. The molecule has 8 heteroatoms. The lowest BCUT2D eigenvalue weighted by molar-refractivity contribution is -0.116. The maximum atomic E-state index is 11.4. The fourth-order valence-corrected chi connectivity index (χ4v) is 4.01. The molecule has 28 heavy (non-hydrogen) atoms. The lowest BCUT2D eigenvalue weighted by Gasteiger charge is -2.22. The number of carbonyl (C=O) groups is 1. The smallest absolute Gasteiger partial charge is 0.224 e. The Balaban J connectivity index is 0.00000225. The van der Waals surface area contributed by atoms with Crippen molar-refractivity contribution in [3.63, 3.8) is 0 Å². The van der Waals surface area contributed by atoms with Crippen LogP contribution in [0.1, 0.15) is 68.8 Å². The second kappa shape index (κ2) is 9.87. The number of benzene rings is 1. The normalized spacial score (nSPS) is 16.8. The highest BCUT2D eigenvalue weighted by Crippen LogP contribution is 2.28. The summed E-state index contributed by atoms with van der Waals surface area (Å²) in [6.45, 7) is 0.677. The van der Waals surface area contributed by atoms with Gasteiger partial charge in [0.25, 0.3) is 0 Å². The largest absolute Gasteiger partial charge is 0.494 e. The minimum absolute atomic E-state index is 0. The van der Waals surface area contributed by atoms with E-state index in [9.17, 15) is 4.79 Å². The highest BCUT2D eigenvalue weighted by atomic mass is 35.5. The molecule has 1 amide bonds. The van der Waals surface area contributed by atoms with Gasteiger partial charge in [0.2, 0.25) is 5.91 Å². The predicted octanol–water partition coefficient (Wildman–Crippen LogP) is 3.89. The average molecular weight is 406 g/mol. The van der Waals surface area contributed by atoms with E-state index in [-0.39, 0.29) is 18.3 Å². The van der Waals surface area contributed by atoms with Gasteiger partial charge in [-0.1, -0.05) is 19.3 Å². The van der Waals surface area contributed by atoms with Crippen molar-refractivity contribution in [2.45, 2.75) is 70.3 Å². The molecule has 1 saturated carbocycles. The van der Waals surface area contributed by atoms with Crippen LogP contribution >= 0.6 is 12.4 Å². The molecule has 7 nitrogen and oxygen atoms in total. The van der Waals surface area contributed by atoms with E-state index in [1.54, 1.807) is 0 Å². The Morgan fingerprint density at radius 3 is 2.86 bits per heavy atom. The van der Waals surface area contributed by atoms with Gasteiger partial charge in [0.05, 0.1) is 12.6 Å². The van der Waals surface area contributed by atoms with Crippen LogP contribution < -0.4 is 10.1 Å². The van der Waals surface area contributed by atoms with Crippen LogP contribution in [-0.4, -0.2) is 32.7 Å².